The Morgan fingerprint density at radius 1 is 1.12 bits per heavy atom. The predicted octanol–water partition coefficient (Wildman–Crippen LogP) is 3.84. The summed E-state index contributed by atoms with van der Waals surface area (Å²) in [4.78, 5) is 14.7. The highest BCUT2D eigenvalue weighted by atomic mass is 35.5. The van der Waals surface area contributed by atoms with Crippen LogP contribution in [0.5, 0.6) is 0 Å². The monoisotopic (exact) mass is 387 g/mol. The van der Waals surface area contributed by atoms with Crippen LogP contribution in [-0.4, -0.2) is 33.8 Å². The van der Waals surface area contributed by atoms with Crippen LogP contribution < -0.4 is 10.2 Å². The Bertz CT molecular complexity index is 887. The van der Waals surface area contributed by atoms with Crippen LogP contribution >= 0.6 is 22.9 Å². The number of amides is 1. The van der Waals surface area contributed by atoms with Gasteiger partial charge in [0.1, 0.15) is 0 Å². The van der Waals surface area contributed by atoms with E-state index in [1.807, 2.05) is 41.2 Å². The Hall–Kier alpha value is -2.38. The van der Waals surface area contributed by atoms with E-state index in [-0.39, 0.29) is 11.8 Å². The molecule has 4 rings (SSSR count). The first-order chi connectivity index (χ1) is 12.7. The summed E-state index contributed by atoms with van der Waals surface area (Å²) in [7, 11) is 0. The Morgan fingerprint density at radius 3 is 2.58 bits per heavy atom. The summed E-state index contributed by atoms with van der Waals surface area (Å²) >= 11 is 7.53. The molecule has 1 aromatic carbocycles. The van der Waals surface area contributed by atoms with Crippen LogP contribution in [0.4, 0.5) is 10.8 Å². The first kappa shape index (κ1) is 17.1. The number of rotatable bonds is 4. The second kappa shape index (κ2) is 7.47. The van der Waals surface area contributed by atoms with Crippen LogP contribution in [0, 0.1) is 5.92 Å². The van der Waals surface area contributed by atoms with Gasteiger partial charge in [-0.2, -0.15) is 0 Å². The van der Waals surface area contributed by atoms with E-state index in [0.717, 1.165) is 41.9 Å². The molecule has 0 bridgehead atoms. The lowest BCUT2D eigenvalue weighted by Gasteiger charge is -2.30. The lowest BCUT2D eigenvalue weighted by Crippen LogP contribution is -2.38. The molecule has 1 aliphatic heterocycles. The van der Waals surface area contributed by atoms with Gasteiger partial charge in [0.2, 0.25) is 16.2 Å². The van der Waals surface area contributed by atoms with Crippen molar-refractivity contribution in [2.24, 2.45) is 5.92 Å². The van der Waals surface area contributed by atoms with Crippen molar-refractivity contribution in [2.75, 3.05) is 23.3 Å². The van der Waals surface area contributed by atoms with Crippen LogP contribution in [-0.2, 0) is 4.79 Å². The quantitative estimate of drug-likeness (QED) is 0.738. The summed E-state index contributed by atoms with van der Waals surface area (Å²) in [6.45, 7) is 1.60. The molecule has 134 valence electrons. The maximum atomic E-state index is 12.5. The maximum Gasteiger partial charge on any atom is 0.227 e. The molecule has 0 radical (unpaired) electrons. The number of anilines is 2. The molecule has 6 nitrogen and oxygen atoms in total. The number of carbonyl (C=O) groups is 1. The minimum atomic E-state index is 0.00192. The van der Waals surface area contributed by atoms with E-state index in [0.29, 0.717) is 5.02 Å². The van der Waals surface area contributed by atoms with Gasteiger partial charge in [-0.1, -0.05) is 29.0 Å². The molecule has 26 heavy (non-hydrogen) atoms. The van der Waals surface area contributed by atoms with Crippen molar-refractivity contribution in [2.45, 2.75) is 12.8 Å². The average molecular weight is 388 g/mol. The van der Waals surface area contributed by atoms with Gasteiger partial charge in [-0.3, -0.25) is 9.36 Å². The molecular formula is C18H18ClN5OS. The van der Waals surface area contributed by atoms with Gasteiger partial charge in [0.05, 0.1) is 0 Å². The summed E-state index contributed by atoms with van der Waals surface area (Å²) in [6, 6.07) is 11.2. The first-order valence-corrected chi connectivity index (χ1v) is 9.67. The standard InChI is InChI=1S/C18H18ClN5OS/c19-14-4-3-5-15(12-14)20-16(25)13-6-10-24(11-7-13)18-22-21-17(26-18)23-8-1-2-9-23/h1-5,8-9,12-13H,6-7,10-11H2,(H,20,25). The van der Waals surface area contributed by atoms with E-state index >= 15 is 0 Å². The number of carbonyl (C=O) groups excluding carboxylic acids is 1. The van der Waals surface area contributed by atoms with Crippen LogP contribution in [0.3, 0.4) is 0 Å². The minimum Gasteiger partial charge on any atom is -0.347 e. The molecule has 3 aromatic rings. The molecular weight excluding hydrogens is 370 g/mol. The van der Waals surface area contributed by atoms with Crippen LogP contribution in [0.2, 0.25) is 5.02 Å². The number of hydrogen-bond acceptors (Lipinski definition) is 5. The van der Waals surface area contributed by atoms with Crippen molar-refractivity contribution in [1.29, 1.82) is 0 Å². The van der Waals surface area contributed by atoms with Gasteiger partial charge in [-0.15, -0.1) is 10.2 Å². The van der Waals surface area contributed by atoms with E-state index in [1.165, 1.54) is 0 Å². The second-order valence-corrected chi connectivity index (χ2v) is 7.59. The van der Waals surface area contributed by atoms with E-state index in [2.05, 4.69) is 20.4 Å². The van der Waals surface area contributed by atoms with Gasteiger partial charge in [-0.05, 0) is 43.2 Å². The summed E-state index contributed by atoms with van der Waals surface area (Å²) in [5.41, 5.74) is 0.741. The lowest BCUT2D eigenvalue weighted by molar-refractivity contribution is -0.120. The lowest BCUT2D eigenvalue weighted by atomic mass is 9.96. The molecule has 1 aliphatic rings. The van der Waals surface area contributed by atoms with Gasteiger partial charge in [0, 0.05) is 42.1 Å². The number of halogens is 1. The van der Waals surface area contributed by atoms with Gasteiger partial charge in [0.25, 0.3) is 0 Å². The van der Waals surface area contributed by atoms with Crippen molar-refractivity contribution < 1.29 is 4.79 Å². The SMILES string of the molecule is O=C(Nc1cccc(Cl)c1)C1CCN(c2nnc(-n3cccc3)s2)CC1. The second-order valence-electron chi connectivity index (χ2n) is 6.22. The molecule has 0 atom stereocenters. The average Bonchev–Trinajstić information content (AvgIpc) is 3.33. The molecule has 3 heterocycles. The number of nitrogens with zero attached hydrogens (tertiary/aromatic N) is 4. The number of piperidine rings is 1. The number of aromatic nitrogens is 3. The molecule has 0 aliphatic carbocycles. The van der Waals surface area contributed by atoms with E-state index in [1.54, 1.807) is 23.5 Å². The minimum absolute atomic E-state index is 0.00192. The molecule has 0 unspecified atom stereocenters. The molecule has 2 aromatic heterocycles. The molecule has 0 saturated carbocycles. The van der Waals surface area contributed by atoms with Crippen molar-refractivity contribution >= 4 is 39.7 Å². The molecule has 1 N–H and O–H groups in total. The number of benzene rings is 1. The Labute approximate surface area is 160 Å². The fraction of sp³-hybridized carbons (Fsp3) is 0.278. The van der Waals surface area contributed by atoms with Gasteiger partial charge in [-0.25, -0.2) is 0 Å². The molecule has 1 amide bonds. The van der Waals surface area contributed by atoms with E-state index in [9.17, 15) is 4.79 Å². The van der Waals surface area contributed by atoms with Gasteiger partial charge in [0.15, 0.2) is 0 Å². The van der Waals surface area contributed by atoms with Crippen LogP contribution in [0.25, 0.3) is 5.13 Å². The Balaban J connectivity index is 1.34. The first-order valence-electron chi connectivity index (χ1n) is 8.47. The third-order valence-electron chi connectivity index (χ3n) is 4.46. The van der Waals surface area contributed by atoms with E-state index in [4.69, 9.17) is 11.6 Å². The highest BCUT2D eigenvalue weighted by molar-refractivity contribution is 7.17. The van der Waals surface area contributed by atoms with E-state index < -0.39 is 0 Å². The molecule has 8 heteroatoms. The van der Waals surface area contributed by atoms with Crippen molar-refractivity contribution in [1.82, 2.24) is 14.8 Å². The number of nitrogens with one attached hydrogen (secondary N) is 1. The summed E-state index contributed by atoms with van der Waals surface area (Å²) in [5, 5.41) is 13.9. The third-order valence-corrected chi connectivity index (χ3v) is 5.69. The largest absolute Gasteiger partial charge is 0.347 e. The van der Waals surface area contributed by atoms with Crippen molar-refractivity contribution in [3.8, 4) is 5.13 Å². The Kier molecular flexibility index (Phi) is 4.90. The van der Waals surface area contributed by atoms with Gasteiger partial charge < -0.3 is 10.2 Å². The van der Waals surface area contributed by atoms with Crippen LogP contribution in [0.15, 0.2) is 48.8 Å². The fourth-order valence-corrected chi connectivity index (χ4v) is 4.10. The highest BCUT2D eigenvalue weighted by Gasteiger charge is 2.26. The fourth-order valence-electron chi connectivity index (χ4n) is 3.05. The zero-order valence-corrected chi connectivity index (χ0v) is 15.6. The highest BCUT2D eigenvalue weighted by Crippen LogP contribution is 2.28. The third kappa shape index (κ3) is 3.73. The smallest absolute Gasteiger partial charge is 0.227 e. The molecule has 1 saturated heterocycles. The van der Waals surface area contributed by atoms with Crippen molar-refractivity contribution in [3.05, 3.63) is 53.8 Å². The predicted molar refractivity (Wildman–Crippen MR) is 104 cm³/mol. The summed E-state index contributed by atoms with van der Waals surface area (Å²) < 4.78 is 1.95. The molecule has 1 fully saturated rings. The number of hydrogen-bond donors (Lipinski definition) is 1. The molecule has 0 spiro atoms. The van der Waals surface area contributed by atoms with Crippen molar-refractivity contribution in [3.63, 3.8) is 0 Å². The topological polar surface area (TPSA) is 63.1 Å². The van der Waals surface area contributed by atoms with Crippen LogP contribution in [0.1, 0.15) is 12.8 Å². The summed E-state index contributed by atoms with van der Waals surface area (Å²) in [5.74, 6) is 0.0549. The zero-order chi connectivity index (χ0) is 17.9. The summed E-state index contributed by atoms with van der Waals surface area (Å²) in [6.07, 6.45) is 5.50. The van der Waals surface area contributed by atoms with Gasteiger partial charge >= 0.3 is 0 Å². The zero-order valence-electron chi connectivity index (χ0n) is 14.0. The Morgan fingerprint density at radius 2 is 1.85 bits per heavy atom. The maximum absolute atomic E-state index is 12.5. The normalized spacial score (nSPS) is 15.2.